The molecule has 1 aromatic carbocycles. The van der Waals surface area contributed by atoms with E-state index in [1.54, 1.807) is 0 Å². The number of benzene rings is 1. The van der Waals surface area contributed by atoms with Crippen molar-refractivity contribution in [3.63, 3.8) is 0 Å². The van der Waals surface area contributed by atoms with Gasteiger partial charge in [-0.05, 0) is 41.5 Å². The second kappa shape index (κ2) is 3.77. The second-order valence-corrected chi connectivity index (χ2v) is 5.63. The van der Waals surface area contributed by atoms with E-state index in [1.807, 2.05) is 0 Å². The maximum absolute atomic E-state index is 5.82. The maximum atomic E-state index is 5.82. The average molecular weight is 218 g/mol. The zero-order chi connectivity index (χ0) is 11.9. The third-order valence-corrected chi connectivity index (χ3v) is 4.05. The lowest BCUT2D eigenvalue weighted by Gasteiger charge is -2.14. The van der Waals surface area contributed by atoms with Crippen molar-refractivity contribution in [2.75, 3.05) is 25.5 Å². The van der Waals surface area contributed by atoms with Gasteiger partial charge in [-0.15, -0.1) is 0 Å². The molecule has 1 aliphatic carbocycles. The molecule has 0 aromatic heterocycles. The van der Waals surface area contributed by atoms with Crippen LogP contribution in [-0.2, 0) is 0 Å². The smallest absolute Gasteiger partial charge is 0.0363 e. The van der Waals surface area contributed by atoms with E-state index in [1.165, 1.54) is 11.3 Å². The van der Waals surface area contributed by atoms with Crippen LogP contribution < -0.4 is 10.6 Å². The van der Waals surface area contributed by atoms with Gasteiger partial charge < -0.3 is 10.6 Å². The highest BCUT2D eigenvalue weighted by molar-refractivity contribution is 5.49. The van der Waals surface area contributed by atoms with Gasteiger partial charge in [-0.3, -0.25) is 0 Å². The second-order valence-electron chi connectivity index (χ2n) is 5.63. The molecule has 1 aliphatic rings. The van der Waals surface area contributed by atoms with Crippen LogP contribution in [0.15, 0.2) is 24.3 Å². The Hall–Kier alpha value is -1.02. The highest BCUT2D eigenvalue weighted by atomic mass is 15.1. The summed E-state index contributed by atoms with van der Waals surface area (Å²) in [4.78, 5) is 2.15. The van der Waals surface area contributed by atoms with Gasteiger partial charge in [0.2, 0.25) is 0 Å². The van der Waals surface area contributed by atoms with E-state index >= 15 is 0 Å². The van der Waals surface area contributed by atoms with Gasteiger partial charge in [0.15, 0.2) is 0 Å². The summed E-state index contributed by atoms with van der Waals surface area (Å²) in [7, 11) is 4.16. The van der Waals surface area contributed by atoms with E-state index in [0.29, 0.717) is 17.3 Å². The quantitative estimate of drug-likeness (QED) is 0.844. The lowest BCUT2D eigenvalue weighted by molar-refractivity contribution is 0.558. The lowest BCUT2D eigenvalue weighted by Crippen LogP contribution is -2.08. The molecule has 1 aromatic rings. The Bertz CT molecular complexity index is 382. The summed E-state index contributed by atoms with van der Waals surface area (Å²) in [6, 6.07) is 8.82. The highest BCUT2D eigenvalue weighted by Gasteiger charge is 2.57. The van der Waals surface area contributed by atoms with Crippen molar-refractivity contribution in [3.8, 4) is 0 Å². The molecule has 2 rings (SSSR count). The van der Waals surface area contributed by atoms with Gasteiger partial charge in [-0.2, -0.15) is 0 Å². The summed E-state index contributed by atoms with van der Waals surface area (Å²) in [5.74, 6) is 1.28. The fourth-order valence-electron chi connectivity index (χ4n) is 2.84. The van der Waals surface area contributed by atoms with E-state index in [-0.39, 0.29) is 0 Å². The van der Waals surface area contributed by atoms with Crippen LogP contribution in [0.3, 0.4) is 0 Å². The molecule has 0 bridgehead atoms. The van der Waals surface area contributed by atoms with E-state index in [4.69, 9.17) is 5.73 Å². The molecule has 0 aliphatic heterocycles. The van der Waals surface area contributed by atoms with Crippen molar-refractivity contribution in [2.24, 2.45) is 17.1 Å². The van der Waals surface area contributed by atoms with Crippen molar-refractivity contribution < 1.29 is 0 Å². The van der Waals surface area contributed by atoms with Gasteiger partial charge in [0.1, 0.15) is 0 Å². The van der Waals surface area contributed by atoms with Gasteiger partial charge in [0.05, 0.1) is 0 Å². The topological polar surface area (TPSA) is 29.3 Å². The first-order chi connectivity index (χ1) is 7.48. The predicted molar refractivity (Wildman–Crippen MR) is 69.8 cm³/mol. The average Bonchev–Trinajstić information content (AvgIpc) is 2.80. The van der Waals surface area contributed by atoms with E-state index in [0.717, 1.165) is 6.54 Å². The van der Waals surface area contributed by atoms with E-state index in [2.05, 4.69) is 57.1 Å². The van der Waals surface area contributed by atoms with Crippen LogP contribution >= 0.6 is 0 Å². The fourth-order valence-corrected chi connectivity index (χ4v) is 2.84. The normalized spacial score (nSPS) is 26.6. The minimum absolute atomic E-state index is 0.375. The largest absolute Gasteiger partial charge is 0.378 e. The van der Waals surface area contributed by atoms with Crippen LogP contribution in [0, 0.1) is 11.3 Å². The molecule has 0 saturated heterocycles. The Morgan fingerprint density at radius 3 is 2.50 bits per heavy atom. The van der Waals surface area contributed by atoms with Crippen LogP contribution in [0.2, 0.25) is 0 Å². The van der Waals surface area contributed by atoms with Crippen molar-refractivity contribution in [1.82, 2.24) is 0 Å². The van der Waals surface area contributed by atoms with E-state index in [9.17, 15) is 0 Å². The van der Waals surface area contributed by atoms with Gasteiger partial charge >= 0.3 is 0 Å². The summed E-state index contributed by atoms with van der Waals surface area (Å²) < 4.78 is 0. The van der Waals surface area contributed by atoms with Crippen LogP contribution in [0.4, 0.5) is 5.69 Å². The first-order valence-electron chi connectivity index (χ1n) is 5.96. The standard InChI is InChI=1S/C14H22N2/c1-14(2)12(9-15)13(14)10-6-5-7-11(8-10)16(3)4/h5-8,12-13H,9,15H2,1-4H3/t12-,13-/m0/s1. The molecule has 0 heterocycles. The molecule has 0 amide bonds. The minimum atomic E-state index is 0.375. The highest BCUT2D eigenvalue weighted by Crippen LogP contribution is 2.63. The molecular formula is C14H22N2. The van der Waals surface area contributed by atoms with Crippen molar-refractivity contribution in [3.05, 3.63) is 29.8 Å². The Morgan fingerprint density at radius 1 is 1.31 bits per heavy atom. The summed E-state index contributed by atoms with van der Waals surface area (Å²) in [6.45, 7) is 5.43. The Balaban J connectivity index is 2.26. The number of nitrogens with two attached hydrogens (primary N) is 1. The molecule has 88 valence electrons. The summed E-state index contributed by atoms with van der Waals surface area (Å²) in [5, 5.41) is 0. The first kappa shape index (κ1) is 11.5. The monoisotopic (exact) mass is 218 g/mol. The molecule has 16 heavy (non-hydrogen) atoms. The van der Waals surface area contributed by atoms with Crippen LogP contribution in [0.5, 0.6) is 0 Å². The number of anilines is 1. The van der Waals surface area contributed by atoms with Crippen molar-refractivity contribution in [1.29, 1.82) is 0 Å². The van der Waals surface area contributed by atoms with Crippen LogP contribution in [0.1, 0.15) is 25.3 Å². The molecule has 0 spiro atoms. The zero-order valence-corrected chi connectivity index (χ0v) is 10.7. The van der Waals surface area contributed by atoms with Crippen molar-refractivity contribution in [2.45, 2.75) is 19.8 Å². The molecule has 1 fully saturated rings. The molecule has 2 nitrogen and oxygen atoms in total. The van der Waals surface area contributed by atoms with Gasteiger partial charge in [-0.1, -0.05) is 26.0 Å². The van der Waals surface area contributed by atoms with Crippen LogP contribution in [-0.4, -0.2) is 20.6 Å². The molecule has 0 radical (unpaired) electrons. The third-order valence-electron chi connectivity index (χ3n) is 4.05. The maximum Gasteiger partial charge on any atom is 0.0363 e. The summed E-state index contributed by atoms with van der Waals surface area (Å²) >= 11 is 0. The number of rotatable bonds is 3. The molecule has 2 atom stereocenters. The molecule has 0 unspecified atom stereocenters. The zero-order valence-electron chi connectivity index (χ0n) is 10.7. The Kier molecular flexibility index (Phi) is 2.70. The van der Waals surface area contributed by atoms with E-state index < -0.39 is 0 Å². The minimum Gasteiger partial charge on any atom is -0.378 e. The first-order valence-corrected chi connectivity index (χ1v) is 5.96. The molecule has 2 heteroatoms. The van der Waals surface area contributed by atoms with Gasteiger partial charge in [-0.25, -0.2) is 0 Å². The molecule has 1 saturated carbocycles. The molecular weight excluding hydrogens is 196 g/mol. The Morgan fingerprint density at radius 2 is 2.00 bits per heavy atom. The number of hydrogen-bond donors (Lipinski definition) is 1. The van der Waals surface area contributed by atoms with Gasteiger partial charge in [0, 0.05) is 19.8 Å². The van der Waals surface area contributed by atoms with Crippen molar-refractivity contribution >= 4 is 5.69 Å². The molecule has 2 N–H and O–H groups in total. The van der Waals surface area contributed by atoms with Crippen LogP contribution in [0.25, 0.3) is 0 Å². The summed E-state index contributed by atoms with van der Waals surface area (Å²) in [5.41, 5.74) is 8.91. The lowest BCUT2D eigenvalue weighted by atomic mass is 10.0. The third kappa shape index (κ3) is 1.71. The summed E-state index contributed by atoms with van der Waals surface area (Å²) in [6.07, 6.45) is 0. The fraction of sp³-hybridized carbons (Fsp3) is 0.571. The predicted octanol–water partition coefficient (Wildman–Crippen LogP) is 2.45. The SMILES string of the molecule is CN(C)c1cccc([C@H]2[C@H](CN)C2(C)C)c1. The Labute approximate surface area is 98.4 Å². The number of hydrogen-bond acceptors (Lipinski definition) is 2. The van der Waals surface area contributed by atoms with Gasteiger partial charge in [0.25, 0.3) is 0 Å². The number of nitrogens with zero attached hydrogens (tertiary/aromatic N) is 1.